The van der Waals surface area contributed by atoms with Crippen LogP contribution < -0.4 is 15.4 Å². The molecule has 0 aliphatic heterocycles. The largest absolute Gasteiger partial charge is 0.484 e. The second-order valence-electron chi connectivity index (χ2n) is 6.82. The number of hydrogen-bond donors (Lipinski definition) is 2. The second-order valence-corrected chi connectivity index (χ2v) is 7.93. The van der Waals surface area contributed by atoms with Crippen LogP contribution in [-0.4, -0.2) is 36.5 Å². The molecule has 0 atom stereocenters. The smallest absolute Gasteiger partial charge is 0.446 e. The van der Waals surface area contributed by atoms with Crippen molar-refractivity contribution in [3.8, 4) is 5.75 Å². The van der Waals surface area contributed by atoms with Gasteiger partial charge in [0.1, 0.15) is 5.75 Å². The molecule has 9 heteroatoms. The van der Waals surface area contributed by atoms with Gasteiger partial charge in [0.25, 0.3) is 11.8 Å². The summed E-state index contributed by atoms with van der Waals surface area (Å²) in [6.07, 6.45) is 2.54. The normalized spacial score (nSPS) is 13.6. The minimum atomic E-state index is -4.46. The number of thioether (sulfide) groups is 1. The van der Waals surface area contributed by atoms with Gasteiger partial charge in [-0.05, 0) is 60.9 Å². The van der Waals surface area contributed by atoms with E-state index < -0.39 is 11.4 Å². The van der Waals surface area contributed by atoms with Crippen LogP contribution in [0.2, 0.25) is 0 Å². The number of rotatable bonds is 9. The zero-order chi connectivity index (χ0) is 21.6. The Labute approximate surface area is 176 Å². The molecule has 1 aliphatic carbocycles. The number of carbonyl (C=O) groups is 2. The van der Waals surface area contributed by atoms with E-state index in [0.29, 0.717) is 12.2 Å². The van der Waals surface area contributed by atoms with Gasteiger partial charge >= 0.3 is 5.51 Å². The summed E-state index contributed by atoms with van der Waals surface area (Å²) in [6, 6.07) is 13.0. The molecule has 0 radical (unpaired) electrons. The van der Waals surface area contributed by atoms with Crippen molar-refractivity contribution in [2.45, 2.75) is 35.7 Å². The number of carbonyl (C=O) groups excluding carboxylic acids is 2. The quantitative estimate of drug-likeness (QED) is 0.583. The van der Waals surface area contributed by atoms with Crippen LogP contribution in [0.4, 0.5) is 13.2 Å². The summed E-state index contributed by atoms with van der Waals surface area (Å²) in [4.78, 5) is 23.8. The van der Waals surface area contributed by atoms with E-state index in [1.165, 1.54) is 24.3 Å². The summed E-state index contributed by atoms with van der Waals surface area (Å²) in [6.45, 7) is 0.231. The van der Waals surface area contributed by atoms with Crippen LogP contribution in [-0.2, 0) is 11.2 Å². The molecule has 0 saturated heterocycles. The number of nitrogens with one attached hydrogen (secondary N) is 2. The molecular formula is C21H21F3N2O3S. The molecule has 160 valence electrons. The minimum absolute atomic E-state index is 0.00644. The Hall–Kier alpha value is -2.68. The van der Waals surface area contributed by atoms with Crippen LogP contribution in [0.25, 0.3) is 0 Å². The highest BCUT2D eigenvalue weighted by Crippen LogP contribution is 2.38. The highest BCUT2D eigenvalue weighted by Gasteiger charge is 2.31. The van der Waals surface area contributed by atoms with Gasteiger partial charge in [-0.3, -0.25) is 9.59 Å². The zero-order valence-corrected chi connectivity index (χ0v) is 16.8. The van der Waals surface area contributed by atoms with Gasteiger partial charge in [-0.25, -0.2) is 0 Å². The van der Waals surface area contributed by atoms with E-state index in [1.807, 2.05) is 12.1 Å². The van der Waals surface area contributed by atoms with E-state index >= 15 is 0 Å². The minimum Gasteiger partial charge on any atom is -0.484 e. The number of halogens is 3. The van der Waals surface area contributed by atoms with Crippen molar-refractivity contribution in [2.24, 2.45) is 0 Å². The first-order chi connectivity index (χ1) is 14.3. The highest BCUT2D eigenvalue weighted by atomic mass is 32.2. The lowest BCUT2D eigenvalue weighted by Gasteiger charge is -2.11. The van der Waals surface area contributed by atoms with E-state index in [0.717, 1.165) is 18.4 Å². The molecule has 2 aromatic rings. The molecule has 2 aromatic carbocycles. The first-order valence-corrected chi connectivity index (χ1v) is 10.3. The third-order valence-electron chi connectivity index (χ3n) is 4.29. The molecule has 0 aromatic heterocycles. The van der Waals surface area contributed by atoms with Crippen LogP contribution in [0.1, 0.15) is 28.8 Å². The van der Waals surface area contributed by atoms with Gasteiger partial charge in [-0.1, -0.05) is 24.3 Å². The molecule has 0 heterocycles. The maximum atomic E-state index is 12.6. The van der Waals surface area contributed by atoms with Crippen molar-refractivity contribution < 1.29 is 27.5 Å². The van der Waals surface area contributed by atoms with Crippen LogP contribution in [0, 0.1) is 0 Å². The summed E-state index contributed by atoms with van der Waals surface area (Å²) < 4.78 is 43.4. The van der Waals surface area contributed by atoms with Crippen molar-refractivity contribution >= 4 is 23.6 Å². The lowest BCUT2D eigenvalue weighted by atomic mass is 10.1. The average Bonchev–Trinajstić information content (AvgIpc) is 3.50. The first-order valence-electron chi connectivity index (χ1n) is 9.44. The van der Waals surface area contributed by atoms with E-state index in [-0.39, 0.29) is 47.3 Å². The molecule has 3 rings (SSSR count). The number of hydrogen-bond acceptors (Lipinski definition) is 4. The van der Waals surface area contributed by atoms with E-state index in [4.69, 9.17) is 4.74 Å². The summed E-state index contributed by atoms with van der Waals surface area (Å²) in [5.74, 6) is -0.135. The lowest BCUT2D eigenvalue weighted by molar-refractivity contribution is -0.123. The summed E-state index contributed by atoms with van der Waals surface area (Å²) in [5.41, 5.74) is -3.55. The van der Waals surface area contributed by atoms with Gasteiger partial charge in [-0.2, -0.15) is 13.2 Å². The Morgan fingerprint density at radius 2 is 1.77 bits per heavy atom. The Bertz CT molecular complexity index is 884. The summed E-state index contributed by atoms with van der Waals surface area (Å²) in [7, 11) is 0. The van der Waals surface area contributed by atoms with Crippen molar-refractivity contribution in [1.82, 2.24) is 10.6 Å². The number of amides is 2. The van der Waals surface area contributed by atoms with Gasteiger partial charge < -0.3 is 15.4 Å². The lowest BCUT2D eigenvalue weighted by Crippen LogP contribution is -2.30. The Morgan fingerprint density at radius 3 is 2.43 bits per heavy atom. The van der Waals surface area contributed by atoms with Crippen molar-refractivity contribution in [2.75, 3.05) is 13.2 Å². The molecule has 5 nitrogen and oxygen atoms in total. The number of benzene rings is 2. The third kappa shape index (κ3) is 7.29. The van der Waals surface area contributed by atoms with E-state index in [2.05, 4.69) is 10.6 Å². The molecule has 1 saturated carbocycles. The zero-order valence-electron chi connectivity index (χ0n) is 16.0. The van der Waals surface area contributed by atoms with Crippen LogP contribution in [0.3, 0.4) is 0 Å². The maximum absolute atomic E-state index is 12.6. The monoisotopic (exact) mass is 438 g/mol. The fourth-order valence-electron chi connectivity index (χ4n) is 2.68. The molecule has 30 heavy (non-hydrogen) atoms. The van der Waals surface area contributed by atoms with Crippen LogP contribution in [0.5, 0.6) is 5.75 Å². The Morgan fingerprint density at radius 1 is 1.07 bits per heavy atom. The summed E-state index contributed by atoms with van der Waals surface area (Å²) >= 11 is -0.303. The Kier molecular flexibility index (Phi) is 7.25. The van der Waals surface area contributed by atoms with E-state index in [9.17, 15) is 22.8 Å². The molecule has 0 spiro atoms. The SMILES string of the molecule is O=C(COc1ccc(CCNC(=O)c2ccccc2SC(F)(F)F)cc1)NC1CC1. The topological polar surface area (TPSA) is 67.4 Å². The van der Waals surface area contributed by atoms with E-state index in [1.54, 1.807) is 12.1 Å². The molecule has 0 bridgehead atoms. The van der Waals surface area contributed by atoms with Gasteiger partial charge in [-0.15, -0.1) is 0 Å². The predicted octanol–water partition coefficient (Wildman–Crippen LogP) is 3.93. The fourth-order valence-corrected chi connectivity index (χ4v) is 3.35. The number of ether oxygens (including phenoxy) is 1. The van der Waals surface area contributed by atoms with Crippen molar-refractivity contribution in [3.05, 3.63) is 59.7 Å². The fraction of sp³-hybridized carbons (Fsp3) is 0.333. The van der Waals surface area contributed by atoms with Crippen LogP contribution in [0.15, 0.2) is 53.4 Å². The maximum Gasteiger partial charge on any atom is 0.446 e. The highest BCUT2D eigenvalue weighted by molar-refractivity contribution is 8.00. The second kappa shape index (κ2) is 9.88. The first kappa shape index (κ1) is 22.0. The summed E-state index contributed by atoms with van der Waals surface area (Å²) in [5, 5.41) is 5.48. The van der Waals surface area contributed by atoms with Crippen LogP contribution >= 0.6 is 11.8 Å². The third-order valence-corrected chi connectivity index (χ3v) is 5.10. The molecule has 2 amide bonds. The number of alkyl halides is 3. The van der Waals surface area contributed by atoms with Gasteiger partial charge in [0, 0.05) is 17.5 Å². The van der Waals surface area contributed by atoms with Crippen molar-refractivity contribution in [1.29, 1.82) is 0 Å². The predicted molar refractivity (Wildman–Crippen MR) is 107 cm³/mol. The Balaban J connectivity index is 1.44. The van der Waals surface area contributed by atoms with Gasteiger partial charge in [0.05, 0.1) is 5.56 Å². The van der Waals surface area contributed by atoms with Gasteiger partial charge in [0.15, 0.2) is 6.61 Å². The van der Waals surface area contributed by atoms with Gasteiger partial charge in [0.2, 0.25) is 0 Å². The molecule has 0 unspecified atom stereocenters. The standard InChI is InChI=1S/C21H21F3N2O3S/c22-21(23,24)30-18-4-2-1-3-17(18)20(28)25-12-11-14-5-9-16(10-6-14)29-13-19(27)26-15-7-8-15/h1-6,9-10,15H,7-8,11-13H2,(H,25,28)(H,26,27). The van der Waals surface area contributed by atoms with Crippen molar-refractivity contribution in [3.63, 3.8) is 0 Å². The average molecular weight is 438 g/mol. The molecular weight excluding hydrogens is 417 g/mol. The molecule has 1 aliphatic rings. The molecule has 1 fully saturated rings. The molecule has 2 N–H and O–H groups in total.